The minimum atomic E-state index is -0.932. The molecule has 0 aliphatic carbocycles. The second-order valence-corrected chi connectivity index (χ2v) is 9.55. The molecule has 0 radical (unpaired) electrons. The van der Waals surface area contributed by atoms with Gasteiger partial charge < -0.3 is 29.0 Å². The summed E-state index contributed by atoms with van der Waals surface area (Å²) in [6.45, 7) is 9.17. The summed E-state index contributed by atoms with van der Waals surface area (Å²) in [5.74, 6) is -1.17. The standard InChI is InChI=1S/C25H45NO8/c1-6-7-8-9-13-20(2)23(30)32-19-21(18-28)33-22(29)14-12-16-26(15-10-11-17-27)24(31)34-25(3,4)5/h17,20-21,28H,6-16,18-19H2,1-5H3. The van der Waals surface area contributed by atoms with Crippen LogP contribution in [-0.4, -0.2) is 72.3 Å². The average Bonchev–Trinajstić information content (AvgIpc) is 2.76. The highest BCUT2D eigenvalue weighted by atomic mass is 16.6. The first-order valence-electron chi connectivity index (χ1n) is 12.4. The fraction of sp³-hybridized carbons (Fsp3) is 0.840. The molecule has 1 N–H and O–H groups in total. The Kier molecular flexibility index (Phi) is 17.0. The van der Waals surface area contributed by atoms with Crippen molar-refractivity contribution in [1.29, 1.82) is 0 Å². The maximum Gasteiger partial charge on any atom is 0.410 e. The summed E-state index contributed by atoms with van der Waals surface area (Å²) in [5, 5.41) is 9.48. The third kappa shape index (κ3) is 16.5. The fourth-order valence-electron chi connectivity index (χ4n) is 3.08. The number of aldehydes is 1. The van der Waals surface area contributed by atoms with Crippen molar-refractivity contribution in [3.05, 3.63) is 0 Å². The van der Waals surface area contributed by atoms with Crippen molar-refractivity contribution >= 4 is 24.3 Å². The van der Waals surface area contributed by atoms with Crippen molar-refractivity contribution in [1.82, 2.24) is 4.90 Å². The molecular weight excluding hydrogens is 442 g/mol. The molecule has 0 bridgehead atoms. The van der Waals surface area contributed by atoms with Crippen LogP contribution >= 0.6 is 0 Å². The topological polar surface area (TPSA) is 119 Å². The number of unbranched alkanes of at least 4 members (excludes halogenated alkanes) is 4. The van der Waals surface area contributed by atoms with Gasteiger partial charge in [0, 0.05) is 25.9 Å². The molecule has 0 saturated heterocycles. The smallest absolute Gasteiger partial charge is 0.410 e. The lowest BCUT2D eigenvalue weighted by atomic mass is 10.0. The van der Waals surface area contributed by atoms with Gasteiger partial charge in [-0.25, -0.2) is 4.79 Å². The van der Waals surface area contributed by atoms with E-state index in [9.17, 15) is 24.3 Å². The molecule has 0 fully saturated rings. The Balaban J connectivity index is 4.46. The van der Waals surface area contributed by atoms with Crippen molar-refractivity contribution in [3.63, 3.8) is 0 Å². The zero-order valence-electron chi connectivity index (χ0n) is 21.7. The quantitative estimate of drug-likeness (QED) is 0.133. The Bertz CT molecular complexity index is 602. The van der Waals surface area contributed by atoms with Crippen LogP contribution in [0.2, 0.25) is 0 Å². The molecule has 0 aliphatic heterocycles. The highest BCUT2D eigenvalue weighted by Gasteiger charge is 2.23. The Morgan fingerprint density at radius 1 is 1.03 bits per heavy atom. The largest absolute Gasteiger partial charge is 0.461 e. The van der Waals surface area contributed by atoms with Gasteiger partial charge in [0.2, 0.25) is 0 Å². The van der Waals surface area contributed by atoms with Gasteiger partial charge in [0.25, 0.3) is 0 Å². The molecule has 198 valence electrons. The second-order valence-electron chi connectivity index (χ2n) is 9.55. The molecule has 1 amide bonds. The van der Waals surface area contributed by atoms with Crippen molar-refractivity contribution in [2.75, 3.05) is 26.3 Å². The number of hydrogen-bond donors (Lipinski definition) is 1. The molecule has 2 atom stereocenters. The van der Waals surface area contributed by atoms with Crippen LogP contribution in [0.1, 0.15) is 92.4 Å². The van der Waals surface area contributed by atoms with Gasteiger partial charge in [-0.05, 0) is 40.0 Å². The van der Waals surface area contributed by atoms with E-state index in [-0.39, 0.29) is 31.5 Å². The fourth-order valence-corrected chi connectivity index (χ4v) is 3.08. The summed E-state index contributed by atoms with van der Waals surface area (Å²) in [5.41, 5.74) is -0.655. The molecule has 0 aliphatic rings. The van der Waals surface area contributed by atoms with E-state index in [1.807, 2.05) is 0 Å². The highest BCUT2D eigenvalue weighted by Crippen LogP contribution is 2.13. The summed E-state index contributed by atoms with van der Waals surface area (Å²) in [6, 6.07) is 0. The van der Waals surface area contributed by atoms with Crippen molar-refractivity contribution < 1.29 is 38.5 Å². The molecule has 0 aromatic rings. The van der Waals surface area contributed by atoms with Crippen molar-refractivity contribution in [2.45, 2.75) is 104 Å². The van der Waals surface area contributed by atoms with E-state index in [2.05, 4.69) is 6.92 Å². The minimum Gasteiger partial charge on any atom is -0.461 e. The van der Waals surface area contributed by atoms with Gasteiger partial charge in [-0.3, -0.25) is 9.59 Å². The van der Waals surface area contributed by atoms with E-state index < -0.39 is 30.4 Å². The van der Waals surface area contributed by atoms with Crippen LogP contribution in [0, 0.1) is 5.92 Å². The molecule has 9 nitrogen and oxygen atoms in total. The Morgan fingerprint density at radius 3 is 2.29 bits per heavy atom. The molecule has 0 heterocycles. The molecule has 0 saturated carbocycles. The van der Waals surface area contributed by atoms with Crippen LogP contribution in [0.4, 0.5) is 4.79 Å². The van der Waals surface area contributed by atoms with Crippen LogP contribution in [-0.2, 0) is 28.6 Å². The summed E-state index contributed by atoms with van der Waals surface area (Å²) < 4.78 is 15.8. The molecule has 0 aromatic carbocycles. The van der Waals surface area contributed by atoms with Gasteiger partial charge in [0.05, 0.1) is 12.5 Å². The van der Waals surface area contributed by atoms with Crippen LogP contribution in [0.3, 0.4) is 0 Å². The molecule has 34 heavy (non-hydrogen) atoms. The number of carbonyl (C=O) groups excluding carboxylic acids is 4. The molecule has 0 aromatic heterocycles. The molecule has 0 rings (SSSR count). The monoisotopic (exact) mass is 487 g/mol. The summed E-state index contributed by atoms with van der Waals surface area (Å²) in [4.78, 5) is 48.7. The number of esters is 2. The zero-order valence-corrected chi connectivity index (χ0v) is 21.7. The van der Waals surface area contributed by atoms with Crippen LogP contribution in [0.5, 0.6) is 0 Å². The SMILES string of the molecule is CCCCCCC(C)C(=O)OCC(CO)OC(=O)CCCN(CCCC=O)C(=O)OC(C)(C)C. The minimum absolute atomic E-state index is 0.0191. The number of hydrogen-bond acceptors (Lipinski definition) is 8. The lowest BCUT2D eigenvalue weighted by Gasteiger charge is -2.27. The van der Waals surface area contributed by atoms with Gasteiger partial charge >= 0.3 is 18.0 Å². The lowest BCUT2D eigenvalue weighted by molar-refractivity contribution is -0.163. The third-order valence-corrected chi connectivity index (χ3v) is 5.02. The summed E-state index contributed by atoms with van der Waals surface area (Å²) >= 11 is 0. The maximum atomic E-state index is 12.4. The Labute approximate surface area is 204 Å². The third-order valence-electron chi connectivity index (χ3n) is 5.02. The Morgan fingerprint density at radius 2 is 1.71 bits per heavy atom. The van der Waals surface area contributed by atoms with E-state index in [1.165, 1.54) is 4.90 Å². The molecular formula is C25H45NO8. The van der Waals surface area contributed by atoms with Gasteiger partial charge in [-0.2, -0.15) is 0 Å². The van der Waals surface area contributed by atoms with Gasteiger partial charge in [-0.1, -0.05) is 39.5 Å². The van der Waals surface area contributed by atoms with Crippen LogP contribution in [0.15, 0.2) is 0 Å². The predicted octanol–water partition coefficient (Wildman–Crippen LogP) is 4.04. The Hall–Kier alpha value is -2.16. The van der Waals surface area contributed by atoms with E-state index >= 15 is 0 Å². The molecule has 2 unspecified atom stereocenters. The number of ether oxygens (including phenoxy) is 3. The van der Waals surface area contributed by atoms with E-state index in [0.29, 0.717) is 25.8 Å². The zero-order chi connectivity index (χ0) is 26.0. The first-order chi connectivity index (χ1) is 16.0. The van der Waals surface area contributed by atoms with Crippen LogP contribution in [0.25, 0.3) is 0 Å². The number of carbonyl (C=O) groups is 4. The first-order valence-corrected chi connectivity index (χ1v) is 12.4. The number of nitrogens with zero attached hydrogens (tertiary/aromatic N) is 1. The van der Waals surface area contributed by atoms with E-state index in [0.717, 1.165) is 38.4 Å². The number of amides is 1. The number of rotatable bonds is 18. The van der Waals surface area contributed by atoms with Crippen molar-refractivity contribution in [2.24, 2.45) is 5.92 Å². The summed E-state index contributed by atoms with van der Waals surface area (Å²) in [7, 11) is 0. The first kappa shape index (κ1) is 31.8. The molecule has 0 spiro atoms. The highest BCUT2D eigenvalue weighted by molar-refractivity contribution is 5.72. The maximum absolute atomic E-state index is 12.4. The average molecular weight is 488 g/mol. The van der Waals surface area contributed by atoms with Gasteiger partial charge in [0.15, 0.2) is 6.10 Å². The lowest BCUT2D eigenvalue weighted by Crippen LogP contribution is -2.38. The number of aliphatic hydroxyl groups is 1. The number of aliphatic hydroxyl groups excluding tert-OH is 1. The predicted molar refractivity (Wildman–Crippen MR) is 128 cm³/mol. The second kappa shape index (κ2) is 18.2. The normalized spacial score (nSPS) is 13.0. The summed E-state index contributed by atoms with van der Waals surface area (Å²) in [6.07, 6.45) is 5.57. The van der Waals surface area contributed by atoms with Gasteiger partial charge in [0.1, 0.15) is 18.5 Å². The van der Waals surface area contributed by atoms with Gasteiger partial charge in [-0.15, -0.1) is 0 Å². The van der Waals surface area contributed by atoms with E-state index in [1.54, 1.807) is 27.7 Å². The van der Waals surface area contributed by atoms with Crippen LogP contribution < -0.4 is 0 Å². The van der Waals surface area contributed by atoms with E-state index in [4.69, 9.17) is 14.2 Å². The molecule has 9 heteroatoms. The van der Waals surface area contributed by atoms with Crippen molar-refractivity contribution in [3.8, 4) is 0 Å².